The monoisotopic (exact) mass is 276 g/mol. The van der Waals surface area contributed by atoms with Crippen molar-refractivity contribution >= 4 is 5.95 Å². The predicted octanol–water partition coefficient (Wildman–Crippen LogP) is 1.88. The molecular formula is C13H20N6O. The fraction of sp³-hybridized carbons (Fsp3) is 0.538. The minimum atomic E-state index is 0.00523. The summed E-state index contributed by atoms with van der Waals surface area (Å²) in [7, 11) is 1.90. The van der Waals surface area contributed by atoms with Crippen molar-refractivity contribution in [3.8, 4) is 17.7 Å². The van der Waals surface area contributed by atoms with Gasteiger partial charge in [-0.15, -0.1) is 0 Å². The van der Waals surface area contributed by atoms with E-state index in [1.54, 1.807) is 6.20 Å². The number of imidazole rings is 1. The van der Waals surface area contributed by atoms with Crippen LogP contribution in [0.1, 0.15) is 27.2 Å². The molecule has 0 aromatic carbocycles. The first-order chi connectivity index (χ1) is 9.60. The molecule has 1 N–H and O–H groups in total. The standard InChI is InChI=1S/C13H20N6O/c1-5-6-15-12-16-10(11-14-7-8-19(11)4)17-13(18-12)20-9(2)3/h7-9H,5-6H2,1-4H3,(H,15,16,17,18). The molecule has 0 radical (unpaired) electrons. The van der Waals surface area contributed by atoms with Crippen molar-refractivity contribution in [2.75, 3.05) is 11.9 Å². The van der Waals surface area contributed by atoms with Crippen molar-refractivity contribution < 1.29 is 4.74 Å². The number of aromatic nitrogens is 5. The zero-order chi connectivity index (χ0) is 14.5. The molecule has 0 fully saturated rings. The lowest BCUT2D eigenvalue weighted by Gasteiger charge is -2.11. The van der Waals surface area contributed by atoms with Crippen LogP contribution in [-0.4, -0.2) is 37.2 Å². The lowest BCUT2D eigenvalue weighted by atomic mass is 10.5. The normalized spacial score (nSPS) is 10.8. The maximum Gasteiger partial charge on any atom is 0.322 e. The molecule has 7 heteroatoms. The highest BCUT2D eigenvalue weighted by Gasteiger charge is 2.13. The van der Waals surface area contributed by atoms with Gasteiger partial charge in [0, 0.05) is 26.0 Å². The van der Waals surface area contributed by atoms with E-state index in [2.05, 4.69) is 32.2 Å². The van der Waals surface area contributed by atoms with Gasteiger partial charge in [-0.25, -0.2) is 4.98 Å². The fourth-order valence-corrected chi connectivity index (χ4v) is 1.62. The number of hydrogen-bond acceptors (Lipinski definition) is 6. The van der Waals surface area contributed by atoms with E-state index in [1.807, 2.05) is 31.7 Å². The van der Waals surface area contributed by atoms with Gasteiger partial charge in [-0.2, -0.15) is 15.0 Å². The number of nitrogens with zero attached hydrogens (tertiary/aromatic N) is 5. The summed E-state index contributed by atoms with van der Waals surface area (Å²) in [6.45, 7) is 6.75. The highest BCUT2D eigenvalue weighted by Crippen LogP contribution is 2.17. The van der Waals surface area contributed by atoms with E-state index in [9.17, 15) is 0 Å². The third-order valence-corrected chi connectivity index (χ3v) is 2.51. The Hall–Kier alpha value is -2.18. The van der Waals surface area contributed by atoms with Gasteiger partial charge in [0.05, 0.1) is 6.10 Å². The molecule has 2 heterocycles. The lowest BCUT2D eigenvalue weighted by Crippen LogP contribution is -2.13. The van der Waals surface area contributed by atoms with Crippen molar-refractivity contribution in [3.05, 3.63) is 12.4 Å². The first-order valence-electron chi connectivity index (χ1n) is 6.74. The molecule has 2 aromatic heterocycles. The zero-order valence-electron chi connectivity index (χ0n) is 12.3. The summed E-state index contributed by atoms with van der Waals surface area (Å²) in [4.78, 5) is 17.2. The van der Waals surface area contributed by atoms with Crippen LogP contribution in [0.15, 0.2) is 12.4 Å². The van der Waals surface area contributed by atoms with Gasteiger partial charge in [0.2, 0.25) is 11.8 Å². The second-order valence-corrected chi connectivity index (χ2v) is 4.72. The van der Waals surface area contributed by atoms with Gasteiger partial charge < -0.3 is 14.6 Å². The smallest absolute Gasteiger partial charge is 0.322 e. The Balaban J connectivity index is 2.37. The topological polar surface area (TPSA) is 77.8 Å². The Morgan fingerprint density at radius 3 is 2.70 bits per heavy atom. The highest BCUT2D eigenvalue weighted by molar-refractivity contribution is 5.47. The van der Waals surface area contributed by atoms with Crippen LogP contribution >= 0.6 is 0 Å². The minimum Gasteiger partial charge on any atom is -0.461 e. The average molecular weight is 276 g/mol. The number of ether oxygens (including phenoxy) is 1. The Morgan fingerprint density at radius 2 is 2.10 bits per heavy atom. The van der Waals surface area contributed by atoms with E-state index in [4.69, 9.17) is 4.74 Å². The highest BCUT2D eigenvalue weighted by atomic mass is 16.5. The van der Waals surface area contributed by atoms with Crippen LogP contribution in [0.4, 0.5) is 5.95 Å². The van der Waals surface area contributed by atoms with Gasteiger partial charge in [0.25, 0.3) is 0 Å². The van der Waals surface area contributed by atoms with E-state index in [0.717, 1.165) is 13.0 Å². The van der Waals surface area contributed by atoms with Crippen molar-refractivity contribution in [1.82, 2.24) is 24.5 Å². The number of anilines is 1. The molecule has 0 spiro atoms. The number of hydrogen-bond donors (Lipinski definition) is 1. The van der Waals surface area contributed by atoms with E-state index in [-0.39, 0.29) is 6.10 Å². The summed E-state index contributed by atoms with van der Waals surface area (Å²) in [5, 5.41) is 3.15. The third-order valence-electron chi connectivity index (χ3n) is 2.51. The minimum absolute atomic E-state index is 0.00523. The number of aryl methyl sites for hydroxylation is 1. The Bertz CT molecular complexity index is 566. The fourth-order valence-electron chi connectivity index (χ4n) is 1.62. The lowest BCUT2D eigenvalue weighted by molar-refractivity contribution is 0.222. The molecule has 0 atom stereocenters. The van der Waals surface area contributed by atoms with Crippen LogP contribution in [0, 0.1) is 0 Å². The molecule has 0 saturated carbocycles. The van der Waals surface area contributed by atoms with Gasteiger partial charge in [-0.05, 0) is 20.3 Å². The van der Waals surface area contributed by atoms with E-state index in [0.29, 0.717) is 23.6 Å². The molecule has 2 aromatic rings. The van der Waals surface area contributed by atoms with E-state index >= 15 is 0 Å². The van der Waals surface area contributed by atoms with Gasteiger partial charge >= 0.3 is 6.01 Å². The van der Waals surface area contributed by atoms with Crippen molar-refractivity contribution in [2.24, 2.45) is 7.05 Å². The molecule has 108 valence electrons. The first-order valence-corrected chi connectivity index (χ1v) is 6.74. The Morgan fingerprint density at radius 1 is 1.30 bits per heavy atom. The van der Waals surface area contributed by atoms with Crippen molar-refractivity contribution in [1.29, 1.82) is 0 Å². The van der Waals surface area contributed by atoms with Gasteiger partial charge in [0.1, 0.15) is 0 Å². The molecule has 0 saturated heterocycles. The maximum absolute atomic E-state index is 5.57. The largest absolute Gasteiger partial charge is 0.461 e. The van der Waals surface area contributed by atoms with Crippen LogP contribution in [0.2, 0.25) is 0 Å². The SMILES string of the molecule is CCCNc1nc(OC(C)C)nc(-c2nccn2C)n1. The number of rotatable bonds is 6. The first kappa shape index (κ1) is 14.2. The average Bonchev–Trinajstić information content (AvgIpc) is 2.81. The molecule has 20 heavy (non-hydrogen) atoms. The van der Waals surface area contributed by atoms with E-state index in [1.165, 1.54) is 0 Å². The summed E-state index contributed by atoms with van der Waals surface area (Å²) in [6, 6.07) is 0.312. The van der Waals surface area contributed by atoms with E-state index < -0.39 is 0 Å². The van der Waals surface area contributed by atoms with Crippen LogP contribution < -0.4 is 10.1 Å². The maximum atomic E-state index is 5.57. The van der Waals surface area contributed by atoms with Crippen molar-refractivity contribution in [3.63, 3.8) is 0 Å². The molecule has 0 aliphatic carbocycles. The van der Waals surface area contributed by atoms with Crippen molar-refractivity contribution in [2.45, 2.75) is 33.3 Å². The molecule has 0 unspecified atom stereocenters. The molecule has 2 rings (SSSR count). The molecule has 7 nitrogen and oxygen atoms in total. The quantitative estimate of drug-likeness (QED) is 0.868. The summed E-state index contributed by atoms with van der Waals surface area (Å²) in [5.41, 5.74) is 0. The van der Waals surface area contributed by atoms with Crippen LogP contribution in [0.3, 0.4) is 0 Å². The zero-order valence-corrected chi connectivity index (χ0v) is 12.3. The molecule has 0 bridgehead atoms. The molecule has 0 aliphatic heterocycles. The number of nitrogens with one attached hydrogen (secondary N) is 1. The predicted molar refractivity (Wildman–Crippen MR) is 76.6 cm³/mol. The van der Waals surface area contributed by atoms with Crippen LogP contribution in [0.25, 0.3) is 11.6 Å². The summed E-state index contributed by atoms with van der Waals surface area (Å²) in [6.07, 6.45) is 4.55. The molecule has 0 aliphatic rings. The van der Waals surface area contributed by atoms with Gasteiger partial charge in [-0.1, -0.05) is 6.92 Å². The molecule has 0 amide bonds. The van der Waals surface area contributed by atoms with Crippen LogP contribution in [0.5, 0.6) is 6.01 Å². The second-order valence-electron chi connectivity index (χ2n) is 4.72. The summed E-state index contributed by atoms with van der Waals surface area (Å²) >= 11 is 0. The summed E-state index contributed by atoms with van der Waals surface area (Å²) in [5.74, 6) is 1.69. The van der Waals surface area contributed by atoms with Crippen LogP contribution in [-0.2, 0) is 7.05 Å². The third kappa shape index (κ3) is 3.43. The summed E-state index contributed by atoms with van der Waals surface area (Å²) < 4.78 is 7.43. The van der Waals surface area contributed by atoms with Gasteiger partial charge in [-0.3, -0.25) is 0 Å². The van der Waals surface area contributed by atoms with Gasteiger partial charge in [0.15, 0.2) is 5.82 Å². The Kier molecular flexibility index (Phi) is 4.49. The second kappa shape index (κ2) is 6.31. The Labute approximate surface area is 118 Å². The molecular weight excluding hydrogens is 256 g/mol.